The minimum absolute atomic E-state index is 0.722. The Morgan fingerprint density at radius 2 is 1.77 bits per heavy atom. The molecule has 0 amide bonds. The van der Waals surface area contributed by atoms with Gasteiger partial charge in [-0.25, -0.2) is 0 Å². The molecule has 1 rings (SSSR count). The Balaban J connectivity index is 2.59. The van der Waals surface area contributed by atoms with E-state index in [1.54, 1.807) is 19.1 Å². The fraction of sp³-hybridized carbons (Fsp3) is 0.273. The Morgan fingerprint density at radius 1 is 1.15 bits per heavy atom. The SMILES string of the molecule is C[C@@H](O)[C@@H](O)/C=C/c1ccccc1. The largest absolute Gasteiger partial charge is 0.390 e. The van der Waals surface area contributed by atoms with Crippen molar-refractivity contribution < 1.29 is 10.2 Å². The lowest BCUT2D eigenvalue weighted by atomic mass is 10.1. The van der Waals surface area contributed by atoms with Crippen molar-refractivity contribution in [1.82, 2.24) is 0 Å². The highest BCUT2D eigenvalue weighted by Gasteiger charge is 2.04. The number of hydrogen-bond donors (Lipinski definition) is 2. The number of aliphatic hydroxyl groups excluding tert-OH is 2. The molecular weight excluding hydrogens is 164 g/mol. The fourth-order valence-electron chi connectivity index (χ4n) is 0.935. The van der Waals surface area contributed by atoms with Crippen molar-refractivity contribution in [1.29, 1.82) is 0 Å². The highest BCUT2D eigenvalue weighted by atomic mass is 16.3. The van der Waals surface area contributed by atoms with E-state index in [2.05, 4.69) is 0 Å². The summed E-state index contributed by atoms with van der Waals surface area (Å²) in [5.74, 6) is 0. The van der Waals surface area contributed by atoms with Crippen LogP contribution in [0.5, 0.6) is 0 Å². The molecule has 2 nitrogen and oxygen atoms in total. The smallest absolute Gasteiger partial charge is 0.0980 e. The van der Waals surface area contributed by atoms with E-state index < -0.39 is 12.2 Å². The van der Waals surface area contributed by atoms with Crippen LogP contribution < -0.4 is 0 Å². The summed E-state index contributed by atoms with van der Waals surface area (Å²) in [5, 5.41) is 18.2. The Kier molecular flexibility index (Phi) is 3.68. The van der Waals surface area contributed by atoms with E-state index in [9.17, 15) is 5.11 Å². The maximum atomic E-state index is 9.25. The molecule has 0 aromatic heterocycles. The average molecular weight is 178 g/mol. The van der Waals surface area contributed by atoms with Gasteiger partial charge in [-0.1, -0.05) is 42.5 Å². The molecule has 0 unspecified atom stereocenters. The molecule has 0 saturated heterocycles. The molecule has 0 aliphatic rings. The van der Waals surface area contributed by atoms with Crippen molar-refractivity contribution in [3.63, 3.8) is 0 Å². The van der Waals surface area contributed by atoms with Gasteiger partial charge >= 0.3 is 0 Å². The van der Waals surface area contributed by atoms with Crippen LogP contribution >= 0.6 is 0 Å². The maximum absolute atomic E-state index is 9.25. The van der Waals surface area contributed by atoms with Crippen LogP contribution in [0.25, 0.3) is 6.08 Å². The van der Waals surface area contributed by atoms with Crippen LogP contribution in [-0.4, -0.2) is 22.4 Å². The first-order valence-corrected chi connectivity index (χ1v) is 4.29. The number of hydrogen-bond acceptors (Lipinski definition) is 2. The third-order valence-electron chi connectivity index (χ3n) is 1.78. The summed E-state index contributed by atoms with van der Waals surface area (Å²) in [7, 11) is 0. The summed E-state index contributed by atoms with van der Waals surface area (Å²) >= 11 is 0. The van der Waals surface area contributed by atoms with Crippen molar-refractivity contribution in [3.05, 3.63) is 42.0 Å². The van der Waals surface area contributed by atoms with Crippen molar-refractivity contribution in [2.45, 2.75) is 19.1 Å². The molecule has 2 N–H and O–H groups in total. The van der Waals surface area contributed by atoms with Crippen LogP contribution in [0.1, 0.15) is 12.5 Å². The molecule has 13 heavy (non-hydrogen) atoms. The lowest BCUT2D eigenvalue weighted by molar-refractivity contribution is 0.0624. The maximum Gasteiger partial charge on any atom is 0.0980 e. The normalized spacial score (nSPS) is 15.9. The topological polar surface area (TPSA) is 40.5 Å². The van der Waals surface area contributed by atoms with Gasteiger partial charge in [-0.2, -0.15) is 0 Å². The Labute approximate surface area is 78.2 Å². The Hall–Kier alpha value is -1.12. The molecule has 1 aromatic carbocycles. The quantitative estimate of drug-likeness (QED) is 0.735. The van der Waals surface area contributed by atoms with Crippen LogP contribution in [0.2, 0.25) is 0 Å². The number of benzene rings is 1. The molecule has 0 radical (unpaired) electrons. The highest BCUT2D eigenvalue weighted by Crippen LogP contribution is 2.03. The standard InChI is InChI=1S/C11H14O2/c1-9(12)11(13)8-7-10-5-3-2-4-6-10/h2-9,11-13H,1H3/b8-7+/t9-,11+/m1/s1. The summed E-state index contributed by atoms with van der Waals surface area (Å²) in [6.45, 7) is 1.56. The summed E-state index contributed by atoms with van der Waals surface area (Å²) in [6, 6.07) is 9.65. The van der Waals surface area contributed by atoms with E-state index in [0.717, 1.165) is 5.56 Å². The second-order valence-corrected chi connectivity index (χ2v) is 3.00. The second kappa shape index (κ2) is 4.80. The van der Waals surface area contributed by atoms with Crippen molar-refractivity contribution in [2.75, 3.05) is 0 Å². The third-order valence-corrected chi connectivity index (χ3v) is 1.78. The average Bonchev–Trinajstić information content (AvgIpc) is 2.15. The van der Waals surface area contributed by atoms with E-state index >= 15 is 0 Å². The van der Waals surface area contributed by atoms with Gasteiger partial charge in [0.25, 0.3) is 0 Å². The highest BCUT2D eigenvalue weighted by molar-refractivity contribution is 5.49. The molecule has 0 aliphatic heterocycles. The molecule has 0 spiro atoms. The van der Waals surface area contributed by atoms with Crippen LogP contribution in [0.15, 0.2) is 36.4 Å². The van der Waals surface area contributed by atoms with Gasteiger partial charge in [0.1, 0.15) is 0 Å². The van der Waals surface area contributed by atoms with Gasteiger partial charge in [0.15, 0.2) is 0 Å². The van der Waals surface area contributed by atoms with Crippen LogP contribution in [-0.2, 0) is 0 Å². The van der Waals surface area contributed by atoms with Gasteiger partial charge in [-0.3, -0.25) is 0 Å². The first-order chi connectivity index (χ1) is 6.20. The van der Waals surface area contributed by atoms with E-state index in [0.29, 0.717) is 0 Å². The Morgan fingerprint density at radius 3 is 2.31 bits per heavy atom. The van der Waals surface area contributed by atoms with Gasteiger partial charge in [0, 0.05) is 0 Å². The first kappa shape index (κ1) is 9.96. The minimum atomic E-state index is -0.791. The number of aliphatic hydroxyl groups is 2. The van der Waals surface area contributed by atoms with E-state index in [1.807, 2.05) is 30.3 Å². The van der Waals surface area contributed by atoms with E-state index in [-0.39, 0.29) is 0 Å². The van der Waals surface area contributed by atoms with Gasteiger partial charge in [0.2, 0.25) is 0 Å². The fourth-order valence-corrected chi connectivity index (χ4v) is 0.935. The van der Waals surface area contributed by atoms with Crippen molar-refractivity contribution >= 4 is 6.08 Å². The summed E-state index contributed by atoms with van der Waals surface area (Å²) in [6.07, 6.45) is 1.86. The molecule has 2 heteroatoms. The summed E-state index contributed by atoms with van der Waals surface area (Å²) < 4.78 is 0. The third kappa shape index (κ3) is 3.40. The zero-order chi connectivity index (χ0) is 9.68. The van der Waals surface area contributed by atoms with Crippen LogP contribution in [0.3, 0.4) is 0 Å². The van der Waals surface area contributed by atoms with Gasteiger partial charge in [0.05, 0.1) is 12.2 Å². The zero-order valence-electron chi connectivity index (χ0n) is 7.59. The van der Waals surface area contributed by atoms with Gasteiger partial charge in [-0.05, 0) is 12.5 Å². The molecule has 0 fully saturated rings. The number of rotatable bonds is 3. The molecule has 0 aliphatic carbocycles. The van der Waals surface area contributed by atoms with Crippen molar-refractivity contribution in [2.24, 2.45) is 0 Å². The Bertz CT molecular complexity index is 265. The van der Waals surface area contributed by atoms with Crippen LogP contribution in [0, 0.1) is 0 Å². The van der Waals surface area contributed by atoms with Crippen LogP contribution in [0.4, 0.5) is 0 Å². The molecular formula is C11H14O2. The van der Waals surface area contributed by atoms with E-state index in [1.165, 1.54) is 0 Å². The second-order valence-electron chi connectivity index (χ2n) is 3.00. The van der Waals surface area contributed by atoms with Crippen molar-refractivity contribution in [3.8, 4) is 0 Å². The lowest BCUT2D eigenvalue weighted by Crippen LogP contribution is -2.19. The summed E-state index contributed by atoms with van der Waals surface area (Å²) in [5.41, 5.74) is 1.02. The molecule has 0 saturated carbocycles. The van der Waals surface area contributed by atoms with E-state index in [4.69, 9.17) is 5.11 Å². The molecule has 0 bridgehead atoms. The predicted octanol–water partition coefficient (Wildman–Crippen LogP) is 1.44. The molecule has 70 valence electrons. The zero-order valence-corrected chi connectivity index (χ0v) is 7.59. The lowest BCUT2D eigenvalue weighted by Gasteiger charge is -2.07. The molecule has 1 aromatic rings. The monoisotopic (exact) mass is 178 g/mol. The minimum Gasteiger partial charge on any atom is -0.390 e. The van der Waals surface area contributed by atoms with Gasteiger partial charge < -0.3 is 10.2 Å². The predicted molar refractivity (Wildman–Crippen MR) is 53.2 cm³/mol. The van der Waals surface area contributed by atoms with Gasteiger partial charge in [-0.15, -0.1) is 0 Å². The first-order valence-electron chi connectivity index (χ1n) is 4.29. The summed E-state index contributed by atoms with van der Waals surface area (Å²) in [4.78, 5) is 0. The molecule has 0 heterocycles. The molecule has 2 atom stereocenters.